The van der Waals surface area contributed by atoms with Crippen molar-refractivity contribution in [1.82, 2.24) is 9.97 Å². The lowest BCUT2D eigenvalue weighted by Gasteiger charge is -2.35. The second-order valence-corrected chi connectivity index (χ2v) is 13.7. The van der Waals surface area contributed by atoms with E-state index in [9.17, 15) is 0 Å². The van der Waals surface area contributed by atoms with Gasteiger partial charge in [0.15, 0.2) is 5.82 Å². The maximum Gasteiger partial charge on any atom is 0.160 e. The lowest BCUT2D eigenvalue weighted by molar-refractivity contribution is 0.424. The van der Waals surface area contributed by atoms with Crippen molar-refractivity contribution in [2.75, 3.05) is 0 Å². The molecular weight excluding hydrogens is 593 g/mol. The van der Waals surface area contributed by atoms with E-state index in [2.05, 4.69) is 123 Å². The molecule has 0 atom stereocenters. The molecule has 3 nitrogen and oxygen atoms in total. The summed E-state index contributed by atoms with van der Waals surface area (Å²) in [5.41, 5.74) is 9.35. The van der Waals surface area contributed by atoms with E-state index in [1.807, 2.05) is 47.7 Å². The van der Waals surface area contributed by atoms with Crippen molar-refractivity contribution < 1.29 is 4.74 Å². The van der Waals surface area contributed by atoms with Gasteiger partial charge in [-0.3, -0.25) is 0 Å². The van der Waals surface area contributed by atoms with Crippen LogP contribution in [0.2, 0.25) is 0 Å². The van der Waals surface area contributed by atoms with E-state index in [4.69, 9.17) is 14.7 Å². The molecule has 0 bridgehead atoms. The highest BCUT2D eigenvalue weighted by molar-refractivity contribution is 7.26. The molecule has 8 aromatic rings. The minimum atomic E-state index is -0.233. The molecule has 0 saturated heterocycles. The molecule has 2 aromatic heterocycles. The Hall–Kier alpha value is -5.58. The first-order valence-electron chi connectivity index (χ1n) is 15.9. The summed E-state index contributed by atoms with van der Waals surface area (Å²) in [5, 5.41) is 2.54. The zero-order valence-electron chi connectivity index (χ0n) is 26.1. The van der Waals surface area contributed by atoms with Gasteiger partial charge in [-0.05, 0) is 41.5 Å². The predicted octanol–water partition coefficient (Wildman–Crippen LogP) is 11.9. The van der Waals surface area contributed by atoms with Crippen LogP contribution in [0.4, 0.5) is 0 Å². The zero-order valence-corrected chi connectivity index (χ0v) is 26.9. The van der Waals surface area contributed by atoms with Crippen LogP contribution in [0.1, 0.15) is 25.0 Å². The number of benzene rings is 6. The molecule has 0 amide bonds. The van der Waals surface area contributed by atoms with Crippen molar-refractivity contribution in [1.29, 1.82) is 0 Å². The van der Waals surface area contributed by atoms with Crippen LogP contribution >= 0.6 is 11.3 Å². The number of ether oxygens (including phenoxy) is 1. The maximum absolute atomic E-state index is 6.74. The molecule has 0 aliphatic carbocycles. The Bertz CT molecular complexity index is 2410. The van der Waals surface area contributed by atoms with Crippen LogP contribution < -0.4 is 4.74 Å². The Labute approximate surface area is 277 Å². The van der Waals surface area contributed by atoms with E-state index in [-0.39, 0.29) is 5.41 Å². The number of thiophene rings is 1. The summed E-state index contributed by atoms with van der Waals surface area (Å²) in [4.78, 5) is 10.0. The van der Waals surface area contributed by atoms with E-state index in [1.165, 1.54) is 31.3 Å². The Balaban J connectivity index is 1.13. The summed E-state index contributed by atoms with van der Waals surface area (Å²) in [5.74, 6) is 2.62. The van der Waals surface area contributed by atoms with Crippen LogP contribution in [0.5, 0.6) is 11.5 Å². The summed E-state index contributed by atoms with van der Waals surface area (Å²) in [6.45, 7) is 4.62. The number of nitrogens with zero attached hydrogens (tertiary/aromatic N) is 2. The molecule has 0 saturated carbocycles. The number of hydrogen-bond donors (Lipinski definition) is 0. The second kappa shape index (κ2) is 10.8. The van der Waals surface area contributed by atoms with E-state index >= 15 is 0 Å². The summed E-state index contributed by atoms with van der Waals surface area (Å²) in [6.07, 6.45) is 0. The largest absolute Gasteiger partial charge is 0.455 e. The standard InChI is InChI=1S/C43H30N2OS/c1-43(2)34-22-21-33-32-18-9-10-19-39(32)47-41(33)40(34)46-38-23-20-30(25-35(38)43)29-16-11-17-31(24-29)37-26-36(27-12-5-3-6-13-27)44-42(45-37)28-14-7-4-8-15-28/h3-26H,1-2H3. The number of hydrogen-bond acceptors (Lipinski definition) is 4. The highest BCUT2D eigenvalue weighted by atomic mass is 32.1. The minimum absolute atomic E-state index is 0.233. The van der Waals surface area contributed by atoms with Crippen LogP contribution in [-0.4, -0.2) is 9.97 Å². The first-order chi connectivity index (χ1) is 23.0. The summed E-state index contributed by atoms with van der Waals surface area (Å²) in [6, 6.07) is 51.0. The Morgan fingerprint density at radius 3 is 1.98 bits per heavy atom. The molecule has 0 N–H and O–H groups in total. The van der Waals surface area contributed by atoms with Gasteiger partial charge in [-0.15, -0.1) is 11.3 Å². The van der Waals surface area contributed by atoms with Gasteiger partial charge in [-0.1, -0.05) is 129 Å². The fraction of sp³-hybridized carbons (Fsp3) is 0.0698. The fourth-order valence-electron chi connectivity index (χ4n) is 6.83. The lowest BCUT2D eigenvalue weighted by atomic mass is 9.75. The van der Waals surface area contributed by atoms with Gasteiger partial charge in [0.1, 0.15) is 11.5 Å². The van der Waals surface area contributed by atoms with Gasteiger partial charge in [0, 0.05) is 48.7 Å². The average Bonchev–Trinajstić information content (AvgIpc) is 3.52. The van der Waals surface area contributed by atoms with Gasteiger partial charge < -0.3 is 4.74 Å². The van der Waals surface area contributed by atoms with Crippen molar-refractivity contribution in [3.63, 3.8) is 0 Å². The molecule has 6 aromatic carbocycles. The Morgan fingerprint density at radius 1 is 0.511 bits per heavy atom. The van der Waals surface area contributed by atoms with Gasteiger partial charge in [-0.2, -0.15) is 0 Å². The number of rotatable bonds is 4. The molecule has 0 unspecified atom stereocenters. The smallest absolute Gasteiger partial charge is 0.160 e. The number of aromatic nitrogens is 2. The molecule has 47 heavy (non-hydrogen) atoms. The molecule has 0 radical (unpaired) electrons. The molecule has 0 spiro atoms. The van der Waals surface area contributed by atoms with Crippen LogP contribution in [0.3, 0.4) is 0 Å². The molecule has 224 valence electrons. The lowest BCUT2D eigenvalue weighted by Crippen LogP contribution is -2.24. The fourth-order valence-corrected chi connectivity index (χ4v) is 8.01. The minimum Gasteiger partial charge on any atom is -0.455 e. The Morgan fingerprint density at radius 2 is 1.17 bits per heavy atom. The van der Waals surface area contributed by atoms with Crippen molar-refractivity contribution in [3.8, 4) is 56.5 Å². The third-order valence-electron chi connectivity index (χ3n) is 9.36. The molecule has 4 heteroatoms. The quantitative estimate of drug-likeness (QED) is 0.196. The van der Waals surface area contributed by atoms with Crippen molar-refractivity contribution in [2.24, 2.45) is 0 Å². The average molecular weight is 623 g/mol. The Kier molecular flexibility index (Phi) is 6.34. The van der Waals surface area contributed by atoms with Crippen LogP contribution in [0, 0.1) is 0 Å². The molecule has 9 rings (SSSR count). The van der Waals surface area contributed by atoms with E-state index in [0.29, 0.717) is 5.82 Å². The van der Waals surface area contributed by atoms with Gasteiger partial charge in [-0.25, -0.2) is 9.97 Å². The van der Waals surface area contributed by atoms with Crippen LogP contribution in [0.25, 0.3) is 65.2 Å². The first kappa shape index (κ1) is 27.7. The highest BCUT2D eigenvalue weighted by Crippen LogP contribution is 2.53. The van der Waals surface area contributed by atoms with Crippen molar-refractivity contribution in [3.05, 3.63) is 157 Å². The van der Waals surface area contributed by atoms with Crippen molar-refractivity contribution in [2.45, 2.75) is 19.3 Å². The third kappa shape index (κ3) is 4.64. The number of fused-ring (bicyclic) bond motifs is 6. The second-order valence-electron chi connectivity index (χ2n) is 12.6. The highest BCUT2D eigenvalue weighted by Gasteiger charge is 2.36. The topological polar surface area (TPSA) is 35.0 Å². The normalized spacial score (nSPS) is 13.2. The van der Waals surface area contributed by atoms with Crippen molar-refractivity contribution >= 4 is 31.5 Å². The summed E-state index contributed by atoms with van der Waals surface area (Å²) >= 11 is 1.81. The van der Waals surface area contributed by atoms with Crippen LogP contribution in [0.15, 0.2) is 146 Å². The van der Waals surface area contributed by atoms with Gasteiger partial charge in [0.05, 0.1) is 16.1 Å². The zero-order chi connectivity index (χ0) is 31.5. The molecule has 1 aliphatic heterocycles. The van der Waals surface area contributed by atoms with Gasteiger partial charge in [0.25, 0.3) is 0 Å². The monoisotopic (exact) mass is 622 g/mol. The van der Waals surface area contributed by atoms with Gasteiger partial charge in [0.2, 0.25) is 0 Å². The molecule has 0 fully saturated rings. The maximum atomic E-state index is 6.74. The third-order valence-corrected chi connectivity index (χ3v) is 10.5. The molecule has 3 heterocycles. The van der Waals surface area contributed by atoms with E-state index < -0.39 is 0 Å². The molecule has 1 aliphatic rings. The summed E-state index contributed by atoms with van der Waals surface area (Å²) in [7, 11) is 0. The summed E-state index contributed by atoms with van der Waals surface area (Å²) < 4.78 is 9.25. The predicted molar refractivity (Wildman–Crippen MR) is 195 cm³/mol. The van der Waals surface area contributed by atoms with Gasteiger partial charge >= 0.3 is 0 Å². The van der Waals surface area contributed by atoms with E-state index in [0.717, 1.165) is 50.7 Å². The van der Waals surface area contributed by atoms with E-state index in [1.54, 1.807) is 0 Å². The first-order valence-corrected chi connectivity index (χ1v) is 16.7. The van der Waals surface area contributed by atoms with Crippen LogP contribution in [-0.2, 0) is 5.41 Å². The SMILES string of the molecule is CC1(C)c2cc(-c3cccc(-c4cc(-c5ccccc5)nc(-c5ccccc5)n4)c3)ccc2Oc2c1ccc1c2sc2ccccc21. The molecular formula is C43H30N2OS.